The summed E-state index contributed by atoms with van der Waals surface area (Å²) in [6, 6.07) is 14.7. The van der Waals surface area contributed by atoms with E-state index in [0.717, 1.165) is 16.8 Å². The van der Waals surface area contributed by atoms with Crippen molar-refractivity contribution < 1.29 is 4.79 Å². The highest BCUT2D eigenvalue weighted by molar-refractivity contribution is 6.30. The van der Waals surface area contributed by atoms with Crippen LogP contribution in [-0.4, -0.2) is 18.2 Å². The average molecular weight is 316 g/mol. The lowest BCUT2D eigenvalue weighted by Crippen LogP contribution is -2.35. The number of rotatable bonds is 5. The van der Waals surface area contributed by atoms with Gasteiger partial charge in [-0.3, -0.25) is 4.79 Å². The Morgan fingerprint density at radius 3 is 2.73 bits per heavy atom. The molecular formula is C17H18ClN3O. The number of hydrogen-bond donors (Lipinski definition) is 2. The molecule has 114 valence electrons. The molecule has 1 amide bonds. The topological polar surface area (TPSA) is 53.5 Å². The van der Waals surface area contributed by atoms with Gasteiger partial charge in [-0.25, -0.2) is 5.43 Å². The molecule has 0 heterocycles. The maximum Gasteiger partial charge on any atom is 0.262 e. The van der Waals surface area contributed by atoms with Gasteiger partial charge >= 0.3 is 0 Å². The van der Waals surface area contributed by atoms with Crippen LogP contribution in [0.1, 0.15) is 18.1 Å². The molecule has 0 aliphatic carbocycles. The van der Waals surface area contributed by atoms with Gasteiger partial charge in [0.05, 0.1) is 6.21 Å². The zero-order valence-corrected chi connectivity index (χ0v) is 13.3. The van der Waals surface area contributed by atoms with Crippen LogP contribution < -0.4 is 10.7 Å². The smallest absolute Gasteiger partial charge is 0.262 e. The Morgan fingerprint density at radius 1 is 1.23 bits per heavy atom. The third-order valence-corrected chi connectivity index (χ3v) is 3.38. The third-order valence-electron chi connectivity index (χ3n) is 3.15. The molecule has 22 heavy (non-hydrogen) atoms. The van der Waals surface area contributed by atoms with Gasteiger partial charge in [0.1, 0.15) is 6.04 Å². The number of nitrogens with one attached hydrogen (secondary N) is 2. The summed E-state index contributed by atoms with van der Waals surface area (Å²) in [6.45, 7) is 3.78. The molecule has 5 heteroatoms. The number of benzene rings is 2. The van der Waals surface area contributed by atoms with Gasteiger partial charge in [0.25, 0.3) is 5.91 Å². The summed E-state index contributed by atoms with van der Waals surface area (Å²) in [6.07, 6.45) is 1.56. The van der Waals surface area contributed by atoms with E-state index in [1.165, 1.54) is 0 Å². The van der Waals surface area contributed by atoms with Crippen LogP contribution in [0.15, 0.2) is 53.6 Å². The van der Waals surface area contributed by atoms with Gasteiger partial charge < -0.3 is 5.32 Å². The fourth-order valence-corrected chi connectivity index (χ4v) is 2.09. The van der Waals surface area contributed by atoms with Gasteiger partial charge in [0, 0.05) is 10.7 Å². The zero-order valence-electron chi connectivity index (χ0n) is 12.5. The molecule has 2 aromatic rings. The van der Waals surface area contributed by atoms with Crippen molar-refractivity contribution in [1.82, 2.24) is 5.43 Å². The zero-order chi connectivity index (χ0) is 15.9. The van der Waals surface area contributed by atoms with E-state index in [1.807, 2.05) is 43.3 Å². The van der Waals surface area contributed by atoms with E-state index >= 15 is 0 Å². The molecule has 0 radical (unpaired) electrons. The highest BCUT2D eigenvalue weighted by Crippen LogP contribution is 2.14. The van der Waals surface area contributed by atoms with Crippen molar-refractivity contribution in [2.45, 2.75) is 19.9 Å². The third kappa shape index (κ3) is 4.60. The number of hydrazone groups is 1. The molecule has 2 aromatic carbocycles. The van der Waals surface area contributed by atoms with Gasteiger partial charge in [0.15, 0.2) is 0 Å². The van der Waals surface area contributed by atoms with Gasteiger partial charge in [-0.2, -0.15) is 5.10 Å². The molecule has 0 aliphatic rings. The van der Waals surface area contributed by atoms with E-state index in [1.54, 1.807) is 25.3 Å². The molecule has 0 saturated heterocycles. The largest absolute Gasteiger partial charge is 0.374 e. The lowest BCUT2D eigenvalue weighted by Gasteiger charge is -2.15. The first-order chi connectivity index (χ1) is 10.6. The fourth-order valence-electron chi connectivity index (χ4n) is 1.89. The molecular weight excluding hydrogens is 298 g/mol. The van der Waals surface area contributed by atoms with Crippen LogP contribution >= 0.6 is 11.6 Å². The summed E-state index contributed by atoms with van der Waals surface area (Å²) >= 11 is 5.88. The summed E-state index contributed by atoms with van der Waals surface area (Å²) in [7, 11) is 0. The van der Waals surface area contributed by atoms with Crippen molar-refractivity contribution in [1.29, 1.82) is 0 Å². The Morgan fingerprint density at radius 2 is 2.00 bits per heavy atom. The second-order valence-corrected chi connectivity index (χ2v) is 5.41. The van der Waals surface area contributed by atoms with E-state index in [2.05, 4.69) is 15.8 Å². The second kappa shape index (κ2) is 7.61. The molecule has 2 rings (SSSR count). The minimum absolute atomic E-state index is 0.207. The summed E-state index contributed by atoms with van der Waals surface area (Å²) in [5, 5.41) is 7.73. The lowest BCUT2D eigenvalue weighted by atomic mass is 10.2. The van der Waals surface area contributed by atoms with Gasteiger partial charge in [-0.05, 0) is 43.2 Å². The number of hydrogen-bond acceptors (Lipinski definition) is 3. The summed E-state index contributed by atoms with van der Waals surface area (Å²) < 4.78 is 0. The van der Waals surface area contributed by atoms with Crippen molar-refractivity contribution in [3.8, 4) is 0 Å². The van der Waals surface area contributed by atoms with E-state index < -0.39 is 6.04 Å². The van der Waals surface area contributed by atoms with E-state index in [4.69, 9.17) is 11.6 Å². The first-order valence-electron chi connectivity index (χ1n) is 6.97. The molecule has 0 bridgehead atoms. The SMILES string of the molecule is Cc1ccccc1N[C@@H](C)C(=O)N/N=C\c1cccc(Cl)c1. The monoisotopic (exact) mass is 315 g/mol. The maximum atomic E-state index is 12.0. The molecule has 0 aromatic heterocycles. The number of carbonyl (C=O) groups excluding carboxylic acids is 1. The summed E-state index contributed by atoms with van der Waals surface area (Å²) in [5.74, 6) is -0.207. The number of nitrogens with zero attached hydrogens (tertiary/aromatic N) is 1. The highest BCUT2D eigenvalue weighted by atomic mass is 35.5. The van der Waals surface area contributed by atoms with E-state index in [0.29, 0.717) is 5.02 Å². The van der Waals surface area contributed by atoms with Crippen LogP contribution in [0.3, 0.4) is 0 Å². The Bertz CT molecular complexity index is 685. The normalized spacial score (nSPS) is 12.1. The number of carbonyl (C=O) groups is 1. The second-order valence-electron chi connectivity index (χ2n) is 4.97. The van der Waals surface area contributed by atoms with E-state index in [-0.39, 0.29) is 5.91 Å². The van der Waals surface area contributed by atoms with Gasteiger partial charge in [0.2, 0.25) is 0 Å². The number of anilines is 1. The molecule has 0 aliphatic heterocycles. The van der Waals surface area contributed by atoms with Crippen molar-refractivity contribution >= 4 is 29.4 Å². The number of halogens is 1. The van der Waals surface area contributed by atoms with Crippen LogP contribution in [0.2, 0.25) is 5.02 Å². The van der Waals surface area contributed by atoms with Crippen LogP contribution in [0.4, 0.5) is 5.69 Å². The fraction of sp³-hybridized carbons (Fsp3) is 0.176. The highest BCUT2D eigenvalue weighted by Gasteiger charge is 2.12. The number of aryl methyl sites for hydroxylation is 1. The summed E-state index contributed by atoms with van der Waals surface area (Å²) in [4.78, 5) is 12.0. The quantitative estimate of drug-likeness (QED) is 0.654. The molecule has 0 saturated carbocycles. The van der Waals surface area contributed by atoms with Crippen LogP contribution in [0.5, 0.6) is 0 Å². The predicted molar refractivity (Wildman–Crippen MR) is 91.5 cm³/mol. The minimum atomic E-state index is -0.391. The Kier molecular flexibility index (Phi) is 5.55. The molecule has 0 spiro atoms. The minimum Gasteiger partial charge on any atom is -0.374 e. The van der Waals surface area contributed by atoms with Crippen LogP contribution in [0, 0.1) is 6.92 Å². The van der Waals surface area contributed by atoms with Crippen LogP contribution in [-0.2, 0) is 4.79 Å². The lowest BCUT2D eigenvalue weighted by molar-refractivity contribution is -0.121. The van der Waals surface area contributed by atoms with E-state index in [9.17, 15) is 4.79 Å². The number of para-hydroxylation sites is 1. The standard InChI is InChI=1S/C17H18ClN3O/c1-12-6-3-4-9-16(12)20-13(2)17(22)21-19-11-14-7-5-8-15(18)10-14/h3-11,13,20H,1-2H3,(H,21,22)/b19-11-/t13-/m0/s1. The van der Waals surface area contributed by atoms with Crippen molar-refractivity contribution in [2.75, 3.05) is 5.32 Å². The van der Waals surface area contributed by atoms with Gasteiger partial charge in [-0.15, -0.1) is 0 Å². The molecule has 0 unspecified atom stereocenters. The van der Waals surface area contributed by atoms with Crippen molar-refractivity contribution in [3.05, 3.63) is 64.7 Å². The predicted octanol–water partition coefficient (Wildman–Crippen LogP) is 3.60. The Balaban J connectivity index is 1.90. The molecule has 0 fully saturated rings. The van der Waals surface area contributed by atoms with Gasteiger partial charge in [-0.1, -0.05) is 41.9 Å². The van der Waals surface area contributed by atoms with Crippen molar-refractivity contribution in [3.63, 3.8) is 0 Å². The first-order valence-corrected chi connectivity index (χ1v) is 7.34. The van der Waals surface area contributed by atoms with Crippen LogP contribution in [0.25, 0.3) is 0 Å². The first kappa shape index (κ1) is 16.0. The maximum absolute atomic E-state index is 12.0. The Hall–Kier alpha value is -2.33. The Labute approximate surface area is 135 Å². The number of amides is 1. The van der Waals surface area contributed by atoms with Crippen molar-refractivity contribution in [2.24, 2.45) is 5.10 Å². The molecule has 4 nitrogen and oxygen atoms in total. The molecule has 1 atom stereocenters. The average Bonchev–Trinajstić information content (AvgIpc) is 2.49. The molecule has 2 N–H and O–H groups in total. The summed E-state index contributed by atoms with van der Waals surface area (Å²) in [5.41, 5.74) is 5.36.